The topological polar surface area (TPSA) is 32.3 Å². The molecule has 0 bridgehead atoms. The zero-order valence-electron chi connectivity index (χ0n) is 13.7. The van der Waals surface area contributed by atoms with Gasteiger partial charge in [0.25, 0.3) is 5.91 Å². The summed E-state index contributed by atoms with van der Waals surface area (Å²) in [7, 11) is 0. The van der Waals surface area contributed by atoms with Crippen LogP contribution in [0, 0.1) is 5.92 Å². The summed E-state index contributed by atoms with van der Waals surface area (Å²) < 4.78 is 2.26. The molecule has 25 heavy (non-hydrogen) atoms. The molecule has 1 atom stereocenters. The number of halogens is 1. The smallest absolute Gasteiger partial charge is 0.261 e. The molecule has 0 radical (unpaired) electrons. The third-order valence-electron chi connectivity index (χ3n) is 4.66. The molecule has 128 valence electrons. The van der Waals surface area contributed by atoms with Gasteiger partial charge in [0.1, 0.15) is 0 Å². The number of hydrogen-bond acceptors (Lipinski definition) is 3. The molecular weight excluding hydrogens is 396 g/mol. The first-order valence-electron chi connectivity index (χ1n) is 8.46. The van der Waals surface area contributed by atoms with Gasteiger partial charge < -0.3 is 10.2 Å². The lowest BCUT2D eigenvalue weighted by Crippen LogP contribution is -2.30. The number of rotatable bonds is 4. The van der Waals surface area contributed by atoms with E-state index in [1.54, 1.807) is 11.3 Å². The summed E-state index contributed by atoms with van der Waals surface area (Å²) in [5.74, 6) is 0.541. The number of benzene rings is 2. The van der Waals surface area contributed by atoms with Crippen LogP contribution in [0.3, 0.4) is 0 Å². The van der Waals surface area contributed by atoms with Crippen LogP contribution in [0.1, 0.15) is 16.1 Å². The monoisotopic (exact) mass is 414 g/mol. The summed E-state index contributed by atoms with van der Waals surface area (Å²) in [6.07, 6.45) is 1.11. The average Bonchev–Trinajstić information content (AvgIpc) is 3.26. The van der Waals surface area contributed by atoms with Crippen molar-refractivity contribution in [3.63, 3.8) is 0 Å². The number of carbonyl (C=O) groups is 1. The van der Waals surface area contributed by atoms with E-state index in [2.05, 4.69) is 56.5 Å². The first-order valence-corrected chi connectivity index (χ1v) is 10.1. The van der Waals surface area contributed by atoms with Gasteiger partial charge >= 0.3 is 0 Å². The fraction of sp³-hybridized carbons (Fsp3) is 0.250. The highest BCUT2D eigenvalue weighted by Crippen LogP contribution is 2.27. The van der Waals surface area contributed by atoms with Crippen LogP contribution in [0.2, 0.25) is 0 Å². The number of thiophene rings is 1. The molecule has 2 aromatic carbocycles. The minimum absolute atomic E-state index is 0.0436. The Morgan fingerprint density at radius 3 is 2.92 bits per heavy atom. The van der Waals surface area contributed by atoms with Crippen molar-refractivity contribution in [1.29, 1.82) is 0 Å². The highest BCUT2D eigenvalue weighted by Gasteiger charge is 2.23. The second-order valence-electron chi connectivity index (χ2n) is 6.44. The maximum Gasteiger partial charge on any atom is 0.261 e. The van der Waals surface area contributed by atoms with E-state index in [1.807, 2.05) is 24.3 Å². The predicted molar refractivity (Wildman–Crippen MR) is 109 cm³/mol. The highest BCUT2D eigenvalue weighted by molar-refractivity contribution is 9.10. The minimum atomic E-state index is 0.0436. The van der Waals surface area contributed by atoms with Crippen LogP contribution in [0.5, 0.6) is 0 Å². The van der Waals surface area contributed by atoms with Crippen molar-refractivity contribution in [3.05, 3.63) is 63.9 Å². The van der Waals surface area contributed by atoms with E-state index in [-0.39, 0.29) is 5.91 Å². The number of carbonyl (C=O) groups excluding carboxylic acids is 1. The van der Waals surface area contributed by atoms with E-state index in [4.69, 9.17) is 0 Å². The van der Waals surface area contributed by atoms with Crippen LogP contribution in [0.4, 0.5) is 5.69 Å². The molecule has 3 nitrogen and oxygen atoms in total. The van der Waals surface area contributed by atoms with E-state index in [9.17, 15) is 4.79 Å². The molecule has 3 aromatic rings. The Bertz CT molecular complexity index is 874. The fourth-order valence-electron chi connectivity index (χ4n) is 3.32. The summed E-state index contributed by atoms with van der Waals surface area (Å²) in [4.78, 5) is 15.6. The van der Waals surface area contributed by atoms with Crippen molar-refractivity contribution in [3.8, 4) is 0 Å². The Kier molecular flexibility index (Phi) is 4.77. The van der Waals surface area contributed by atoms with Gasteiger partial charge in [-0.2, -0.15) is 0 Å². The third-order valence-corrected chi connectivity index (χ3v) is 6.27. The lowest BCUT2D eigenvalue weighted by Gasteiger charge is -2.19. The van der Waals surface area contributed by atoms with E-state index >= 15 is 0 Å². The summed E-state index contributed by atoms with van der Waals surface area (Å²) in [5, 5.41) is 4.26. The molecule has 1 amide bonds. The van der Waals surface area contributed by atoms with Crippen LogP contribution in [0.25, 0.3) is 10.1 Å². The molecule has 5 heteroatoms. The van der Waals surface area contributed by atoms with Gasteiger partial charge in [-0.1, -0.05) is 40.2 Å². The number of hydrogen-bond donors (Lipinski definition) is 1. The Morgan fingerprint density at radius 1 is 1.20 bits per heavy atom. The van der Waals surface area contributed by atoms with Crippen LogP contribution in [-0.4, -0.2) is 25.5 Å². The zero-order chi connectivity index (χ0) is 17.2. The second-order valence-corrected chi connectivity index (χ2v) is 8.44. The SMILES string of the molecule is O=C(NCC1CCN(c2cccc(Br)c2)C1)c1cc2ccccc2s1. The van der Waals surface area contributed by atoms with Crippen LogP contribution < -0.4 is 10.2 Å². The van der Waals surface area contributed by atoms with E-state index in [0.29, 0.717) is 5.92 Å². The number of fused-ring (bicyclic) bond motifs is 1. The Hall–Kier alpha value is -1.85. The molecule has 0 saturated carbocycles. The van der Waals surface area contributed by atoms with Crippen molar-refractivity contribution < 1.29 is 4.79 Å². The molecule has 1 fully saturated rings. The maximum absolute atomic E-state index is 12.4. The van der Waals surface area contributed by atoms with Gasteiger partial charge in [0.15, 0.2) is 0 Å². The highest BCUT2D eigenvalue weighted by atomic mass is 79.9. The molecule has 1 aliphatic heterocycles. The van der Waals surface area contributed by atoms with Gasteiger partial charge in [-0.05, 0) is 48.1 Å². The van der Waals surface area contributed by atoms with Gasteiger partial charge in [-0.25, -0.2) is 0 Å². The van der Waals surface area contributed by atoms with Gasteiger partial charge in [-0.15, -0.1) is 11.3 Å². The molecular formula is C20H19BrN2OS. The first kappa shape index (κ1) is 16.6. The molecule has 0 spiro atoms. The first-order chi connectivity index (χ1) is 12.2. The van der Waals surface area contributed by atoms with Crippen molar-refractivity contribution >= 4 is 48.9 Å². The van der Waals surface area contributed by atoms with Crippen molar-refractivity contribution in [2.24, 2.45) is 5.92 Å². The Morgan fingerprint density at radius 2 is 2.08 bits per heavy atom. The summed E-state index contributed by atoms with van der Waals surface area (Å²) in [6, 6.07) is 18.5. The van der Waals surface area contributed by atoms with Crippen molar-refractivity contribution in [2.75, 3.05) is 24.5 Å². The summed E-state index contributed by atoms with van der Waals surface area (Å²) >= 11 is 5.09. The third kappa shape index (κ3) is 3.72. The molecule has 1 saturated heterocycles. The van der Waals surface area contributed by atoms with E-state index < -0.39 is 0 Å². The normalized spacial score (nSPS) is 17.2. The quantitative estimate of drug-likeness (QED) is 0.656. The number of anilines is 1. The summed E-state index contributed by atoms with van der Waals surface area (Å²) in [6.45, 7) is 2.76. The number of amides is 1. The molecule has 4 rings (SSSR count). The van der Waals surface area contributed by atoms with Crippen molar-refractivity contribution in [2.45, 2.75) is 6.42 Å². The molecule has 1 N–H and O–H groups in total. The standard InChI is InChI=1S/C20H19BrN2OS/c21-16-5-3-6-17(11-16)23-9-8-14(13-23)12-22-20(24)19-10-15-4-1-2-7-18(15)25-19/h1-7,10-11,14H,8-9,12-13H2,(H,22,24). The average molecular weight is 415 g/mol. The molecule has 0 aliphatic carbocycles. The maximum atomic E-state index is 12.4. The Labute approximate surface area is 159 Å². The van der Waals surface area contributed by atoms with Gasteiger partial charge in [-0.3, -0.25) is 4.79 Å². The largest absolute Gasteiger partial charge is 0.371 e. The van der Waals surface area contributed by atoms with E-state index in [0.717, 1.165) is 45.5 Å². The van der Waals surface area contributed by atoms with Gasteiger partial charge in [0.05, 0.1) is 4.88 Å². The lowest BCUT2D eigenvalue weighted by molar-refractivity contribution is 0.0952. The minimum Gasteiger partial charge on any atom is -0.371 e. The van der Waals surface area contributed by atoms with Crippen LogP contribution >= 0.6 is 27.3 Å². The van der Waals surface area contributed by atoms with Gasteiger partial charge in [0.2, 0.25) is 0 Å². The molecule has 1 aliphatic rings. The number of nitrogens with zero attached hydrogens (tertiary/aromatic N) is 1. The van der Waals surface area contributed by atoms with Crippen LogP contribution in [-0.2, 0) is 0 Å². The summed E-state index contributed by atoms with van der Waals surface area (Å²) in [5.41, 5.74) is 1.24. The van der Waals surface area contributed by atoms with E-state index in [1.165, 1.54) is 5.69 Å². The molecule has 1 aromatic heterocycles. The fourth-order valence-corrected chi connectivity index (χ4v) is 4.69. The lowest BCUT2D eigenvalue weighted by atomic mass is 10.1. The van der Waals surface area contributed by atoms with Crippen molar-refractivity contribution in [1.82, 2.24) is 5.32 Å². The molecule has 1 unspecified atom stereocenters. The second kappa shape index (κ2) is 7.18. The van der Waals surface area contributed by atoms with Crippen LogP contribution in [0.15, 0.2) is 59.1 Å². The zero-order valence-corrected chi connectivity index (χ0v) is 16.1. The number of nitrogens with one attached hydrogen (secondary N) is 1. The van der Waals surface area contributed by atoms with Gasteiger partial charge in [0, 0.05) is 34.5 Å². The predicted octanol–water partition coefficient (Wildman–Crippen LogP) is 4.92. The Balaban J connectivity index is 1.35. The molecule has 2 heterocycles.